The van der Waals surface area contributed by atoms with Crippen LogP contribution in [0.2, 0.25) is 0 Å². The summed E-state index contributed by atoms with van der Waals surface area (Å²) in [5.74, 6) is -0.208. The largest absolute Gasteiger partial charge is 0.321 e. The van der Waals surface area contributed by atoms with Gasteiger partial charge in [0, 0.05) is 18.8 Å². The molecule has 0 atom stereocenters. The summed E-state index contributed by atoms with van der Waals surface area (Å²) in [7, 11) is -3.48. The number of hydrogen-bond donors (Lipinski definition) is 1. The minimum absolute atomic E-state index is 0.208. The van der Waals surface area contributed by atoms with Gasteiger partial charge in [0.1, 0.15) is 4.88 Å². The first kappa shape index (κ1) is 21.0. The molecule has 1 amide bonds. The number of carbonyl (C=O) groups is 1. The van der Waals surface area contributed by atoms with Crippen LogP contribution < -0.4 is 5.32 Å². The highest BCUT2D eigenvalue weighted by Crippen LogP contribution is 2.24. The van der Waals surface area contributed by atoms with Crippen molar-refractivity contribution in [3.8, 4) is 0 Å². The molecule has 3 rings (SSSR count). The van der Waals surface area contributed by atoms with Crippen molar-refractivity contribution in [1.82, 2.24) is 9.29 Å². The van der Waals surface area contributed by atoms with Crippen LogP contribution in [0.25, 0.3) is 0 Å². The van der Waals surface area contributed by atoms with E-state index in [1.807, 2.05) is 6.92 Å². The number of nitrogens with one attached hydrogen (secondary N) is 1. The lowest BCUT2D eigenvalue weighted by atomic mass is 10.2. The lowest BCUT2D eigenvalue weighted by molar-refractivity contribution is 0.103. The molecule has 1 N–H and O–H groups in total. The first-order valence-corrected chi connectivity index (χ1v) is 12.1. The van der Waals surface area contributed by atoms with Crippen molar-refractivity contribution in [2.45, 2.75) is 57.3 Å². The fourth-order valence-electron chi connectivity index (χ4n) is 3.31. The molecule has 152 valence electrons. The van der Waals surface area contributed by atoms with E-state index in [-0.39, 0.29) is 10.8 Å². The van der Waals surface area contributed by atoms with Gasteiger partial charge < -0.3 is 5.32 Å². The number of thiazole rings is 1. The maximum absolute atomic E-state index is 12.8. The van der Waals surface area contributed by atoms with Crippen LogP contribution in [-0.4, -0.2) is 36.7 Å². The normalized spacial score (nSPS) is 15.9. The van der Waals surface area contributed by atoms with Crippen LogP contribution in [0.5, 0.6) is 0 Å². The Bertz CT molecular complexity index is 913. The van der Waals surface area contributed by atoms with Crippen molar-refractivity contribution >= 4 is 33.0 Å². The second-order valence-electron chi connectivity index (χ2n) is 7.07. The number of amides is 1. The minimum atomic E-state index is -3.48. The van der Waals surface area contributed by atoms with Crippen LogP contribution in [0, 0.1) is 6.92 Å². The Kier molecular flexibility index (Phi) is 6.85. The van der Waals surface area contributed by atoms with Crippen LogP contribution >= 0.6 is 11.3 Å². The highest BCUT2D eigenvalue weighted by molar-refractivity contribution is 7.89. The van der Waals surface area contributed by atoms with Gasteiger partial charge in [-0.25, -0.2) is 13.4 Å². The summed E-state index contributed by atoms with van der Waals surface area (Å²) in [6, 6.07) is 6.42. The minimum Gasteiger partial charge on any atom is -0.321 e. The molecule has 0 bridgehead atoms. The molecule has 1 saturated heterocycles. The number of nitrogens with zero attached hydrogens (tertiary/aromatic N) is 2. The van der Waals surface area contributed by atoms with Gasteiger partial charge in [-0.3, -0.25) is 4.79 Å². The zero-order chi connectivity index (χ0) is 20.1. The van der Waals surface area contributed by atoms with Gasteiger partial charge in [0.05, 0.1) is 15.6 Å². The maximum atomic E-state index is 12.8. The smallest absolute Gasteiger partial charge is 0.267 e. The number of sulfonamides is 1. The number of aromatic nitrogens is 1. The van der Waals surface area contributed by atoms with Gasteiger partial charge in [-0.15, -0.1) is 11.3 Å². The summed E-state index contributed by atoms with van der Waals surface area (Å²) in [5.41, 5.74) is 1.30. The fourth-order valence-corrected chi connectivity index (χ4v) is 5.89. The third-order valence-electron chi connectivity index (χ3n) is 4.83. The fraction of sp³-hybridized carbons (Fsp3) is 0.500. The van der Waals surface area contributed by atoms with Crippen molar-refractivity contribution in [2.24, 2.45) is 0 Å². The van der Waals surface area contributed by atoms with Crippen molar-refractivity contribution in [3.63, 3.8) is 0 Å². The summed E-state index contributed by atoms with van der Waals surface area (Å²) in [4.78, 5) is 17.9. The van der Waals surface area contributed by atoms with Crippen molar-refractivity contribution in [2.75, 3.05) is 18.4 Å². The molecule has 1 aliphatic rings. The zero-order valence-corrected chi connectivity index (χ0v) is 18.0. The molecule has 2 heterocycles. The van der Waals surface area contributed by atoms with Crippen LogP contribution in [-0.2, 0) is 16.4 Å². The van der Waals surface area contributed by atoms with E-state index in [0.29, 0.717) is 23.7 Å². The number of benzene rings is 1. The molecular weight excluding hydrogens is 394 g/mol. The zero-order valence-electron chi connectivity index (χ0n) is 16.4. The van der Waals surface area contributed by atoms with E-state index in [9.17, 15) is 13.2 Å². The summed E-state index contributed by atoms with van der Waals surface area (Å²) < 4.78 is 27.2. The summed E-state index contributed by atoms with van der Waals surface area (Å²) >= 11 is 1.41. The molecule has 1 aromatic carbocycles. The van der Waals surface area contributed by atoms with Gasteiger partial charge >= 0.3 is 0 Å². The van der Waals surface area contributed by atoms with E-state index in [4.69, 9.17) is 0 Å². The molecule has 0 saturated carbocycles. The topological polar surface area (TPSA) is 79.4 Å². The Morgan fingerprint density at radius 2 is 1.79 bits per heavy atom. The van der Waals surface area contributed by atoms with E-state index < -0.39 is 10.0 Å². The lowest BCUT2D eigenvalue weighted by Crippen LogP contribution is -2.31. The van der Waals surface area contributed by atoms with Crippen molar-refractivity contribution in [1.29, 1.82) is 0 Å². The Labute approximate surface area is 171 Å². The second-order valence-corrected chi connectivity index (χ2v) is 10.1. The van der Waals surface area contributed by atoms with E-state index in [2.05, 4.69) is 17.2 Å². The van der Waals surface area contributed by atoms with Crippen molar-refractivity contribution < 1.29 is 13.2 Å². The number of hydrogen-bond acceptors (Lipinski definition) is 5. The molecule has 0 radical (unpaired) electrons. The van der Waals surface area contributed by atoms with Crippen LogP contribution in [0.4, 0.5) is 5.69 Å². The summed E-state index contributed by atoms with van der Waals surface area (Å²) in [6.45, 7) is 5.07. The Balaban J connectivity index is 1.71. The standard InChI is InChI=1S/C20H27N3O3S2/c1-3-8-18-21-15(2)19(27-18)20(24)22-16-9-11-17(12-10-16)28(25,26)23-13-6-4-5-7-14-23/h9-12H,3-8,13-14H2,1-2H3,(H,22,24). The molecule has 1 aromatic heterocycles. The molecule has 8 heteroatoms. The molecular formula is C20H27N3O3S2. The van der Waals surface area contributed by atoms with Gasteiger partial charge in [-0.05, 0) is 56.9 Å². The average Bonchev–Trinajstić information content (AvgIpc) is 2.86. The number of aryl methyl sites for hydroxylation is 2. The highest BCUT2D eigenvalue weighted by Gasteiger charge is 2.25. The Hall–Kier alpha value is -1.77. The number of anilines is 1. The van der Waals surface area contributed by atoms with Gasteiger partial charge in [0.25, 0.3) is 5.91 Å². The molecule has 0 aliphatic carbocycles. The van der Waals surface area contributed by atoms with E-state index in [1.165, 1.54) is 11.3 Å². The van der Waals surface area contributed by atoms with Gasteiger partial charge in [-0.1, -0.05) is 19.8 Å². The van der Waals surface area contributed by atoms with Gasteiger partial charge in [0.2, 0.25) is 10.0 Å². The molecule has 0 spiro atoms. The van der Waals surface area contributed by atoms with Crippen LogP contribution in [0.15, 0.2) is 29.2 Å². The second kappa shape index (κ2) is 9.15. The van der Waals surface area contributed by atoms with Crippen molar-refractivity contribution in [3.05, 3.63) is 39.8 Å². The first-order valence-electron chi connectivity index (χ1n) is 9.79. The first-order chi connectivity index (χ1) is 13.4. The van der Waals surface area contributed by atoms with Crippen LogP contribution in [0.3, 0.4) is 0 Å². The van der Waals surface area contributed by atoms with E-state index in [0.717, 1.165) is 49.2 Å². The number of rotatable bonds is 6. The van der Waals surface area contributed by atoms with Gasteiger partial charge in [0.15, 0.2) is 0 Å². The Morgan fingerprint density at radius 1 is 1.14 bits per heavy atom. The predicted molar refractivity (Wildman–Crippen MR) is 112 cm³/mol. The predicted octanol–water partition coefficient (Wildman–Crippen LogP) is 4.22. The van der Waals surface area contributed by atoms with E-state index in [1.54, 1.807) is 28.6 Å². The third kappa shape index (κ3) is 4.79. The quantitative estimate of drug-likeness (QED) is 0.757. The summed E-state index contributed by atoms with van der Waals surface area (Å²) in [5, 5.41) is 3.81. The van der Waals surface area contributed by atoms with Crippen LogP contribution in [0.1, 0.15) is 59.4 Å². The molecule has 2 aromatic rings. The summed E-state index contributed by atoms with van der Waals surface area (Å²) in [6.07, 6.45) is 5.81. The van der Waals surface area contributed by atoms with Gasteiger partial charge in [-0.2, -0.15) is 4.31 Å². The lowest BCUT2D eigenvalue weighted by Gasteiger charge is -2.20. The SMILES string of the molecule is CCCc1nc(C)c(C(=O)Nc2ccc(S(=O)(=O)N3CCCCCC3)cc2)s1. The maximum Gasteiger partial charge on any atom is 0.267 e. The molecule has 1 fully saturated rings. The number of carbonyl (C=O) groups excluding carboxylic acids is 1. The Morgan fingerprint density at radius 3 is 2.39 bits per heavy atom. The molecule has 1 aliphatic heterocycles. The molecule has 28 heavy (non-hydrogen) atoms. The monoisotopic (exact) mass is 421 g/mol. The highest BCUT2D eigenvalue weighted by atomic mass is 32.2. The van der Waals surface area contributed by atoms with E-state index >= 15 is 0 Å². The molecule has 0 unspecified atom stereocenters. The third-order valence-corrected chi connectivity index (χ3v) is 7.95. The molecule has 6 nitrogen and oxygen atoms in total. The average molecular weight is 422 g/mol.